The molecule has 0 fully saturated rings. The highest BCUT2D eigenvalue weighted by Crippen LogP contribution is 2.08. The molecule has 0 bridgehead atoms. The van der Waals surface area contributed by atoms with Gasteiger partial charge in [0.15, 0.2) is 0 Å². The first-order valence-electron chi connectivity index (χ1n) is 6.55. The van der Waals surface area contributed by atoms with Crippen molar-refractivity contribution in [3.8, 4) is 0 Å². The maximum Gasteiger partial charge on any atom is 0.240 e. The van der Waals surface area contributed by atoms with Crippen LogP contribution in [0.1, 0.15) is 26.0 Å². The van der Waals surface area contributed by atoms with E-state index in [2.05, 4.69) is 24.3 Å². The summed E-state index contributed by atoms with van der Waals surface area (Å²) >= 11 is 0. The van der Waals surface area contributed by atoms with Crippen LogP contribution in [0.2, 0.25) is 0 Å². The summed E-state index contributed by atoms with van der Waals surface area (Å²) in [6.07, 6.45) is 0.878. The molecule has 1 aromatic heterocycles. The average molecular weight is 268 g/mol. The lowest BCUT2D eigenvalue weighted by Crippen LogP contribution is -2.35. The number of rotatable bonds is 7. The van der Waals surface area contributed by atoms with Crippen molar-refractivity contribution in [3.05, 3.63) is 11.8 Å². The topological polar surface area (TPSA) is 84.4 Å². The molecule has 1 heterocycles. The zero-order valence-electron chi connectivity index (χ0n) is 12.1. The van der Waals surface area contributed by atoms with E-state index in [1.54, 1.807) is 13.0 Å². The maximum absolute atomic E-state index is 11.7. The van der Waals surface area contributed by atoms with Gasteiger partial charge in [-0.05, 0) is 32.9 Å². The first kappa shape index (κ1) is 15.7. The molecule has 19 heavy (non-hydrogen) atoms. The number of hydrogen-bond donors (Lipinski definition) is 2. The molecule has 1 aromatic rings. The van der Waals surface area contributed by atoms with Crippen molar-refractivity contribution < 1.29 is 9.32 Å². The van der Waals surface area contributed by atoms with Crippen molar-refractivity contribution in [1.82, 2.24) is 10.1 Å². The Morgan fingerprint density at radius 2 is 2.26 bits per heavy atom. The molecule has 1 amide bonds. The van der Waals surface area contributed by atoms with E-state index in [1.807, 2.05) is 11.9 Å². The van der Waals surface area contributed by atoms with Crippen molar-refractivity contribution >= 4 is 11.8 Å². The van der Waals surface area contributed by atoms with Gasteiger partial charge >= 0.3 is 0 Å². The first-order chi connectivity index (χ1) is 8.88. The fourth-order valence-electron chi connectivity index (χ4n) is 1.63. The standard InChI is InChI=1S/C13H24N4O2/c1-9(2)11(14)5-6-17(4)8-12(18)15-13-7-10(3)16-19-13/h7,9,11H,5-6,8,14H2,1-4H3,(H,15,18). The number of aryl methyl sites for hydroxylation is 1. The van der Waals surface area contributed by atoms with E-state index >= 15 is 0 Å². The third kappa shape index (κ3) is 5.85. The molecule has 6 heteroatoms. The van der Waals surface area contributed by atoms with Crippen LogP contribution in [-0.2, 0) is 4.79 Å². The van der Waals surface area contributed by atoms with Crippen molar-refractivity contribution in [2.45, 2.75) is 33.2 Å². The van der Waals surface area contributed by atoms with Gasteiger partial charge in [0.25, 0.3) is 0 Å². The molecule has 0 saturated carbocycles. The molecule has 1 rings (SSSR count). The highest BCUT2D eigenvalue weighted by molar-refractivity contribution is 5.90. The zero-order chi connectivity index (χ0) is 14.4. The SMILES string of the molecule is Cc1cc(NC(=O)CN(C)CCC(N)C(C)C)on1. The Balaban J connectivity index is 2.28. The molecule has 0 radical (unpaired) electrons. The third-order valence-electron chi connectivity index (χ3n) is 3.00. The van der Waals surface area contributed by atoms with Crippen LogP contribution in [0, 0.1) is 12.8 Å². The quantitative estimate of drug-likeness (QED) is 0.777. The number of hydrogen-bond acceptors (Lipinski definition) is 5. The summed E-state index contributed by atoms with van der Waals surface area (Å²) < 4.78 is 4.93. The van der Waals surface area contributed by atoms with E-state index in [1.165, 1.54) is 0 Å². The molecule has 6 nitrogen and oxygen atoms in total. The molecule has 3 N–H and O–H groups in total. The summed E-state index contributed by atoms with van der Waals surface area (Å²) in [5.74, 6) is 0.728. The van der Waals surface area contributed by atoms with Crippen LogP contribution in [-0.4, -0.2) is 42.1 Å². The third-order valence-corrected chi connectivity index (χ3v) is 3.00. The zero-order valence-corrected chi connectivity index (χ0v) is 12.1. The van der Waals surface area contributed by atoms with E-state index in [0.29, 0.717) is 18.3 Å². The van der Waals surface area contributed by atoms with E-state index in [0.717, 1.165) is 18.7 Å². The Kier molecular flexibility index (Phi) is 5.98. The highest BCUT2D eigenvalue weighted by atomic mass is 16.5. The van der Waals surface area contributed by atoms with Gasteiger partial charge in [-0.2, -0.15) is 0 Å². The summed E-state index contributed by atoms with van der Waals surface area (Å²) in [6, 6.07) is 1.86. The van der Waals surface area contributed by atoms with Crippen LogP contribution in [0.3, 0.4) is 0 Å². The second-order valence-electron chi connectivity index (χ2n) is 5.32. The molecule has 1 unspecified atom stereocenters. The highest BCUT2D eigenvalue weighted by Gasteiger charge is 2.12. The lowest BCUT2D eigenvalue weighted by atomic mass is 10.0. The molecule has 0 spiro atoms. The van der Waals surface area contributed by atoms with Crippen molar-refractivity contribution in [1.29, 1.82) is 0 Å². The van der Waals surface area contributed by atoms with Crippen LogP contribution < -0.4 is 11.1 Å². The van der Waals surface area contributed by atoms with Crippen molar-refractivity contribution in [3.63, 3.8) is 0 Å². The molecule has 0 aliphatic heterocycles. The molecule has 108 valence electrons. The molecular weight excluding hydrogens is 244 g/mol. The fraction of sp³-hybridized carbons (Fsp3) is 0.692. The molecule has 1 atom stereocenters. The van der Waals surface area contributed by atoms with E-state index < -0.39 is 0 Å². The second-order valence-corrected chi connectivity index (χ2v) is 5.32. The van der Waals surface area contributed by atoms with Gasteiger partial charge < -0.3 is 10.3 Å². The summed E-state index contributed by atoms with van der Waals surface area (Å²) in [6.45, 7) is 7.11. The normalized spacial score (nSPS) is 13.0. The number of nitrogens with one attached hydrogen (secondary N) is 1. The van der Waals surface area contributed by atoms with E-state index in [9.17, 15) is 4.79 Å². The number of aromatic nitrogens is 1. The predicted molar refractivity (Wildman–Crippen MR) is 74.8 cm³/mol. The number of nitrogens with zero attached hydrogens (tertiary/aromatic N) is 2. The Bertz CT molecular complexity index is 403. The summed E-state index contributed by atoms with van der Waals surface area (Å²) in [7, 11) is 1.90. The summed E-state index contributed by atoms with van der Waals surface area (Å²) in [5, 5.41) is 6.37. The predicted octanol–water partition coefficient (Wildman–Crippen LogP) is 1.23. The molecule has 0 aliphatic carbocycles. The van der Waals surface area contributed by atoms with Gasteiger partial charge in [0.2, 0.25) is 11.8 Å². The summed E-state index contributed by atoms with van der Waals surface area (Å²) in [4.78, 5) is 13.7. The second kappa shape index (κ2) is 7.25. The fourth-order valence-corrected chi connectivity index (χ4v) is 1.63. The van der Waals surface area contributed by atoms with E-state index in [4.69, 9.17) is 10.3 Å². The Morgan fingerprint density at radius 1 is 1.58 bits per heavy atom. The average Bonchev–Trinajstić information content (AvgIpc) is 2.71. The van der Waals surface area contributed by atoms with Gasteiger partial charge in [-0.25, -0.2) is 0 Å². The van der Waals surface area contributed by atoms with E-state index in [-0.39, 0.29) is 11.9 Å². The number of amides is 1. The largest absolute Gasteiger partial charge is 0.338 e. The first-order valence-corrected chi connectivity index (χ1v) is 6.55. The molecule has 0 aliphatic rings. The Morgan fingerprint density at radius 3 is 2.79 bits per heavy atom. The van der Waals surface area contributed by atoms with Crippen molar-refractivity contribution in [2.24, 2.45) is 11.7 Å². The van der Waals surface area contributed by atoms with Crippen LogP contribution in [0.5, 0.6) is 0 Å². The molecular formula is C13H24N4O2. The number of anilines is 1. The minimum atomic E-state index is -0.114. The van der Waals surface area contributed by atoms with Gasteiger partial charge in [0, 0.05) is 12.1 Å². The maximum atomic E-state index is 11.7. The van der Waals surface area contributed by atoms with Gasteiger partial charge in [0.1, 0.15) is 0 Å². The van der Waals surface area contributed by atoms with Gasteiger partial charge in [0.05, 0.1) is 12.2 Å². The lowest BCUT2D eigenvalue weighted by molar-refractivity contribution is -0.117. The summed E-state index contributed by atoms with van der Waals surface area (Å²) in [5.41, 5.74) is 6.71. The van der Waals surface area contributed by atoms with Crippen LogP contribution >= 0.6 is 0 Å². The van der Waals surface area contributed by atoms with Crippen LogP contribution in [0.15, 0.2) is 10.6 Å². The molecule has 0 saturated heterocycles. The van der Waals surface area contributed by atoms with Gasteiger partial charge in [-0.1, -0.05) is 19.0 Å². The minimum absolute atomic E-state index is 0.114. The van der Waals surface area contributed by atoms with Crippen LogP contribution in [0.25, 0.3) is 0 Å². The number of carbonyl (C=O) groups is 1. The monoisotopic (exact) mass is 268 g/mol. The number of nitrogens with two attached hydrogens (primary N) is 1. The smallest absolute Gasteiger partial charge is 0.240 e. The number of likely N-dealkylation sites (N-methyl/N-ethyl adjacent to an activating group) is 1. The lowest BCUT2D eigenvalue weighted by Gasteiger charge is -2.20. The Labute approximate surface area is 114 Å². The Hall–Kier alpha value is -1.40. The van der Waals surface area contributed by atoms with Gasteiger partial charge in [-0.15, -0.1) is 0 Å². The van der Waals surface area contributed by atoms with Crippen molar-refractivity contribution in [2.75, 3.05) is 25.5 Å². The number of carbonyl (C=O) groups excluding carboxylic acids is 1. The molecule has 0 aromatic carbocycles. The van der Waals surface area contributed by atoms with Gasteiger partial charge in [-0.3, -0.25) is 15.0 Å². The van der Waals surface area contributed by atoms with Crippen LogP contribution in [0.4, 0.5) is 5.88 Å². The minimum Gasteiger partial charge on any atom is -0.338 e.